The third-order valence-electron chi connectivity index (χ3n) is 4.10. The largest absolute Gasteiger partial charge is 0.352 e. The van der Waals surface area contributed by atoms with Gasteiger partial charge in [0.05, 0.1) is 5.69 Å². The number of aryl methyl sites for hydroxylation is 2. The Morgan fingerprint density at radius 3 is 2.89 bits per heavy atom. The predicted molar refractivity (Wildman–Crippen MR) is 81.9 cm³/mol. The van der Waals surface area contributed by atoms with Crippen LogP contribution >= 0.6 is 11.8 Å². The summed E-state index contributed by atoms with van der Waals surface area (Å²) in [6, 6.07) is 1.36. The van der Waals surface area contributed by atoms with Crippen molar-refractivity contribution in [2.75, 3.05) is 23.0 Å². The van der Waals surface area contributed by atoms with Crippen LogP contribution < -0.4 is 10.2 Å². The number of anilines is 1. The molecule has 2 fully saturated rings. The summed E-state index contributed by atoms with van der Waals surface area (Å²) in [5.41, 5.74) is 2.57. The fraction of sp³-hybridized carbons (Fsp3) is 0.786. The minimum atomic E-state index is 0.605. The molecule has 0 bridgehead atoms. The van der Waals surface area contributed by atoms with Gasteiger partial charge < -0.3 is 10.2 Å². The van der Waals surface area contributed by atoms with Gasteiger partial charge in [0.25, 0.3) is 0 Å². The van der Waals surface area contributed by atoms with Gasteiger partial charge >= 0.3 is 0 Å². The molecule has 1 N–H and O–H groups in total. The Bertz CT molecular complexity index is 453. The molecular weight excluding hydrogens is 256 g/mol. The normalized spacial score (nSPS) is 23.9. The number of thioether (sulfide) groups is 1. The van der Waals surface area contributed by atoms with Gasteiger partial charge in [-0.05, 0) is 26.7 Å². The van der Waals surface area contributed by atoms with Gasteiger partial charge in [0, 0.05) is 49.3 Å². The van der Waals surface area contributed by atoms with E-state index in [1.54, 1.807) is 0 Å². The Hall–Kier alpha value is -0.680. The van der Waals surface area contributed by atoms with E-state index >= 15 is 0 Å². The van der Waals surface area contributed by atoms with E-state index in [1.807, 2.05) is 0 Å². The first kappa shape index (κ1) is 13.3. The third-order valence-corrected chi connectivity index (χ3v) is 5.29. The predicted octanol–water partition coefficient (Wildman–Crippen LogP) is 1.92. The Morgan fingerprint density at radius 2 is 2.21 bits per heavy atom. The summed E-state index contributed by atoms with van der Waals surface area (Å²) in [5, 5.41) is 8.28. The fourth-order valence-corrected chi connectivity index (χ4v) is 3.85. The number of aromatic nitrogens is 2. The van der Waals surface area contributed by atoms with Gasteiger partial charge in [0.1, 0.15) is 5.82 Å². The topological polar surface area (TPSA) is 33.1 Å². The Labute approximate surface area is 119 Å². The Kier molecular flexibility index (Phi) is 3.76. The van der Waals surface area contributed by atoms with E-state index in [0.29, 0.717) is 6.04 Å². The highest BCUT2D eigenvalue weighted by Gasteiger charge is 2.27. The van der Waals surface area contributed by atoms with Crippen LogP contribution in [0.15, 0.2) is 0 Å². The van der Waals surface area contributed by atoms with Crippen LogP contribution in [-0.4, -0.2) is 39.9 Å². The van der Waals surface area contributed by atoms with Crippen molar-refractivity contribution < 1.29 is 0 Å². The summed E-state index contributed by atoms with van der Waals surface area (Å²) in [6.07, 6.45) is 2.68. The second-order valence-corrected chi connectivity index (χ2v) is 6.93. The zero-order valence-electron chi connectivity index (χ0n) is 12.1. The molecule has 1 aromatic heterocycles. The maximum Gasteiger partial charge on any atom is 0.131 e. The first-order valence-corrected chi connectivity index (χ1v) is 8.42. The highest BCUT2D eigenvalue weighted by molar-refractivity contribution is 7.99. The number of nitrogens with one attached hydrogen (secondary N) is 1. The fourth-order valence-electron chi connectivity index (χ4n) is 2.83. The first-order chi connectivity index (χ1) is 9.16. The summed E-state index contributed by atoms with van der Waals surface area (Å²) >= 11 is 2.06. The molecule has 5 heteroatoms. The van der Waals surface area contributed by atoms with Crippen LogP contribution in [-0.2, 0) is 13.6 Å². The molecule has 0 radical (unpaired) electrons. The molecule has 3 rings (SSSR count). The van der Waals surface area contributed by atoms with Gasteiger partial charge in [-0.3, -0.25) is 4.68 Å². The van der Waals surface area contributed by atoms with Crippen LogP contribution in [0.5, 0.6) is 0 Å². The van der Waals surface area contributed by atoms with Gasteiger partial charge in [0.15, 0.2) is 0 Å². The zero-order chi connectivity index (χ0) is 13.4. The lowest BCUT2D eigenvalue weighted by Crippen LogP contribution is -2.42. The molecule has 1 aliphatic carbocycles. The van der Waals surface area contributed by atoms with Gasteiger partial charge in [-0.25, -0.2) is 0 Å². The van der Waals surface area contributed by atoms with E-state index in [0.717, 1.165) is 19.1 Å². The molecule has 2 aliphatic rings. The molecule has 1 saturated heterocycles. The van der Waals surface area contributed by atoms with Crippen molar-refractivity contribution in [1.82, 2.24) is 15.1 Å². The standard InChI is InChI=1S/C14H24N4S/c1-10-9-19-7-6-18(10)14-13(8-15-12-4-5-12)11(2)16-17(14)3/h10,12,15H,4-9H2,1-3H3. The van der Waals surface area contributed by atoms with Crippen LogP contribution in [0.2, 0.25) is 0 Å². The molecule has 0 aromatic carbocycles. The summed E-state index contributed by atoms with van der Waals surface area (Å²) in [4.78, 5) is 2.54. The number of hydrogen-bond donors (Lipinski definition) is 1. The van der Waals surface area contributed by atoms with Crippen molar-refractivity contribution >= 4 is 17.6 Å². The van der Waals surface area contributed by atoms with E-state index in [1.165, 1.54) is 41.4 Å². The monoisotopic (exact) mass is 280 g/mol. The zero-order valence-corrected chi connectivity index (χ0v) is 13.0. The van der Waals surface area contributed by atoms with Crippen LogP contribution in [0.1, 0.15) is 31.0 Å². The van der Waals surface area contributed by atoms with Crippen molar-refractivity contribution in [3.05, 3.63) is 11.3 Å². The number of hydrogen-bond acceptors (Lipinski definition) is 4. The van der Waals surface area contributed by atoms with Gasteiger partial charge in [0.2, 0.25) is 0 Å². The van der Waals surface area contributed by atoms with Gasteiger partial charge in [-0.15, -0.1) is 0 Å². The molecule has 106 valence electrons. The van der Waals surface area contributed by atoms with Crippen LogP contribution in [0.4, 0.5) is 5.82 Å². The third kappa shape index (κ3) is 2.77. The maximum absolute atomic E-state index is 4.65. The average molecular weight is 280 g/mol. The molecule has 1 saturated carbocycles. The van der Waals surface area contributed by atoms with Gasteiger partial charge in [-0.1, -0.05) is 0 Å². The smallest absolute Gasteiger partial charge is 0.131 e. The van der Waals surface area contributed by atoms with E-state index in [9.17, 15) is 0 Å². The van der Waals surface area contributed by atoms with Crippen LogP contribution in [0.3, 0.4) is 0 Å². The minimum Gasteiger partial charge on any atom is -0.352 e. The molecule has 19 heavy (non-hydrogen) atoms. The van der Waals surface area contributed by atoms with Crippen molar-refractivity contribution in [3.63, 3.8) is 0 Å². The minimum absolute atomic E-state index is 0.605. The van der Waals surface area contributed by atoms with Gasteiger partial charge in [-0.2, -0.15) is 16.9 Å². The van der Waals surface area contributed by atoms with Crippen LogP contribution in [0, 0.1) is 6.92 Å². The SMILES string of the molecule is Cc1nn(C)c(N2CCSCC2C)c1CNC1CC1. The van der Waals surface area contributed by atoms with Crippen molar-refractivity contribution in [2.24, 2.45) is 7.05 Å². The highest BCUT2D eigenvalue weighted by Crippen LogP contribution is 2.29. The lowest BCUT2D eigenvalue weighted by molar-refractivity contribution is 0.636. The van der Waals surface area contributed by atoms with Crippen molar-refractivity contribution in [2.45, 2.75) is 45.3 Å². The highest BCUT2D eigenvalue weighted by atomic mass is 32.2. The molecule has 0 amide bonds. The number of nitrogens with zero attached hydrogens (tertiary/aromatic N) is 3. The first-order valence-electron chi connectivity index (χ1n) is 7.27. The molecule has 1 aliphatic heterocycles. The molecule has 2 heterocycles. The second kappa shape index (κ2) is 5.37. The van der Waals surface area contributed by atoms with Crippen molar-refractivity contribution in [3.8, 4) is 0 Å². The Balaban J connectivity index is 1.84. The van der Waals surface area contributed by atoms with E-state index in [4.69, 9.17) is 0 Å². The number of rotatable bonds is 4. The quantitative estimate of drug-likeness (QED) is 0.913. The van der Waals surface area contributed by atoms with Crippen molar-refractivity contribution in [1.29, 1.82) is 0 Å². The molecule has 1 atom stereocenters. The summed E-state index contributed by atoms with van der Waals surface area (Å²) in [7, 11) is 2.08. The molecule has 1 aromatic rings. The second-order valence-electron chi connectivity index (χ2n) is 5.78. The molecule has 1 unspecified atom stereocenters. The molecular formula is C14H24N4S. The van der Waals surface area contributed by atoms with E-state index in [2.05, 4.69) is 52.7 Å². The Morgan fingerprint density at radius 1 is 1.42 bits per heavy atom. The average Bonchev–Trinajstić information content (AvgIpc) is 3.15. The summed E-state index contributed by atoms with van der Waals surface area (Å²) < 4.78 is 2.08. The van der Waals surface area contributed by atoms with E-state index in [-0.39, 0.29) is 0 Å². The molecule has 0 spiro atoms. The lowest BCUT2D eigenvalue weighted by Gasteiger charge is -2.35. The molecule has 4 nitrogen and oxygen atoms in total. The summed E-state index contributed by atoms with van der Waals surface area (Å²) in [5.74, 6) is 3.78. The van der Waals surface area contributed by atoms with Crippen LogP contribution in [0.25, 0.3) is 0 Å². The van der Waals surface area contributed by atoms with E-state index < -0.39 is 0 Å². The maximum atomic E-state index is 4.65. The summed E-state index contributed by atoms with van der Waals surface area (Å²) in [6.45, 7) is 6.57. The lowest BCUT2D eigenvalue weighted by atomic mass is 10.2.